The van der Waals surface area contributed by atoms with Crippen molar-refractivity contribution in [2.75, 3.05) is 6.54 Å². The number of benzene rings is 1. The molecule has 1 N–H and O–H groups in total. The Hall–Kier alpha value is -1.39. The predicted molar refractivity (Wildman–Crippen MR) is 89.6 cm³/mol. The lowest BCUT2D eigenvalue weighted by atomic mass is 10.1. The molecule has 1 heterocycles. The maximum absolute atomic E-state index is 5.98. The first-order chi connectivity index (χ1) is 10.1. The molecule has 0 fully saturated rings. The number of pyridine rings is 1. The summed E-state index contributed by atoms with van der Waals surface area (Å²) in [6.45, 7) is 8.41. The monoisotopic (exact) mass is 348 g/mol. The Morgan fingerprint density at radius 3 is 2.71 bits per heavy atom. The molecule has 0 bridgehead atoms. The van der Waals surface area contributed by atoms with Gasteiger partial charge in [0.1, 0.15) is 6.61 Å². The van der Waals surface area contributed by atoms with Crippen LogP contribution in [0, 0.1) is 13.8 Å². The second kappa shape index (κ2) is 7.57. The largest absolute Gasteiger partial charge is 0.473 e. The number of halogens is 1. The highest BCUT2D eigenvalue weighted by Gasteiger charge is 2.10. The van der Waals surface area contributed by atoms with Gasteiger partial charge in [-0.15, -0.1) is 0 Å². The number of hydrogen-bond donors (Lipinski definition) is 1. The lowest BCUT2D eigenvalue weighted by molar-refractivity contribution is 0.288. The SMILES string of the molecule is CCNCc1c(C)cc(C)nc1OCc1ccccc1Br. The number of aromatic nitrogens is 1. The summed E-state index contributed by atoms with van der Waals surface area (Å²) in [5.41, 5.74) is 4.45. The zero-order chi connectivity index (χ0) is 15.2. The van der Waals surface area contributed by atoms with Crippen LogP contribution >= 0.6 is 15.9 Å². The topological polar surface area (TPSA) is 34.2 Å². The smallest absolute Gasteiger partial charge is 0.218 e. The van der Waals surface area contributed by atoms with Crippen molar-refractivity contribution in [1.82, 2.24) is 10.3 Å². The lowest BCUT2D eigenvalue weighted by Gasteiger charge is -2.15. The molecule has 1 aromatic heterocycles. The first-order valence-corrected chi connectivity index (χ1v) is 7.95. The van der Waals surface area contributed by atoms with Crippen LogP contribution in [0.3, 0.4) is 0 Å². The molecule has 0 amide bonds. The van der Waals surface area contributed by atoms with E-state index in [9.17, 15) is 0 Å². The van der Waals surface area contributed by atoms with Gasteiger partial charge in [0.15, 0.2) is 0 Å². The van der Waals surface area contributed by atoms with E-state index >= 15 is 0 Å². The average Bonchev–Trinajstić information content (AvgIpc) is 2.45. The quantitative estimate of drug-likeness (QED) is 0.851. The van der Waals surface area contributed by atoms with Gasteiger partial charge in [-0.1, -0.05) is 41.1 Å². The molecule has 2 aromatic rings. The minimum absolute atomic E-state index is 0.510. The Labute approximate surface area is 134 Å². The van der Waals surface area contributed by atoms with E-state index in [1.54, 1.807) is 0 Å². The highest BCUT2D eigenvalue weighted by atomic mass is 79.9. The fourth-order valence-electron chi connectivity index (χ4n) is 2.18. The van der Waals surface area contributed by atoms with Gasteiger partial charge in [-0.3, -0.25) is 0 Å². The van der Waals surface area contributed by atoms with Gasteiger partial charge in [-0.2, -0.15) is 0 Å². The molecule has 0 atom stereocenters. The van der Waals surface area contributed by atoms with E-state index in [-0.39, 0.29) is 0 Å². The Morgan fingerprint density at radius 2 is 2.00 bits per heavy atom. The normalized spacial score (nSPS) is 10.7. The third-order valence-corrected chi connectivity index (χ3v) is 4.09. The molecule has 0 spiro atoms. The predicted octanol–water partition coefficient (Wildman–Crippen LogP) is 4.15. The summed E-state index contributed by atoms with van der Waals surface area (Å²) in [5.74, 6) is 0.726. The van der Waals surface area contributed by atoms with Crippen molar-refractivity contribution in [2.45, 2.75) is 33.9 Å². The molecular formula is C17H21BrN2O. The maximum Gasteiger partial charge on any atom is 0.218 e. The molecule has 0 radical (unpaired) electrons. The van der Waals surface area contributed by atoms with Crippen LogP contribution in [-0.4, -0.2) is 11.5 Å². The molecule has 112 valence electrons. The number of ether oxygens (including phenoxy) is 1. The molecule has 0 aliphatic carbocycles. The summed E-state index contributed by atoms with van der Waals surface area (Å²) in [4.78, 5) is 4.55. The van der Waals surface area contributed by atoms with E-state index in [1.165, 1.54) is 5.56 Å². The molecule has 1 aromatic carbocycles. The fraction of sp³-hybridized carbons (Fsp3) is 0.353. The third-order valence-electron chi connectivity index (χ3n) is 3.31. The molecule has 2 rings (SSSR count). The van der Waals surface area contributed by atoms with Gasteiger partial charge < -0.3 is 10.1 Å². The summed E-state index contributed by atoms with van der Waals surface area (Å²) < 4.78 is 7.04. The van der Waals surface area contributed by atoms with E-state index in [1.807, 2.05) is 25.1 Å². The van der Waals surface area contributed by atoms with E-state index in [0.29, 0.717) is 6.61 Å². The highest BCUT2D eigenvalue weighted by Crippen LogP contribution is 2.23. The van der Waals surface area contributed by atoms with Crippen LogP contribution in [0.15, 0.2) is 34.8 Å². The molecule has 3 nitrogen and oxygen atoms in total. The summed E-state index contributed by atoms with van der Waals surface area (Å²) in [6.07, 6.45) is 0. The third kappa shape index (κ3) is 4.29. The summed E-state index contributed by atoms with van der Waals surface area (Å²) in [5, 5.41) is 3.35. The molecule has 0 aliphatic heterocycles. The second-order valence-corrected chi connectivity index (χ2v) is 5.88. The van der Waals surface area contributed by atoms with Crippen LogP contribution in [0.1, 0.15) is 29.3 Å². The Bertz CT molecular complexity index is 614. The maximum atomic E-state index is 5.98. The first kappa shape index (κ1) is 16.0. The van der Waals surface area contributed by atoms with Gasteiger partial charge in [0.05, 0.1) is 0 Å². The second-order valence-electron chi connectivity index (χ2n) is 5.02. The van der Waals surface area contributed by atoms with Gasteiger partial charge in [0, 0.05) is 27.8 Å². The molecule has 4 heteroatoms. The van der Waals surface area contributed by atoms with Gasteiger partial charge in [0.25, 0.3) is 0 Å². The first-order valence-electron chi connectivity index (χ1n) is 7.16. The van der Waals surface area contributed by atoms with Crippen molar-refractivity contribution in [1.29, 1.82) is 0 Å². The summed E-state index contributed by atoms with van der Waals surface area (Å²) in [7, 11) is 0. The standard InChI is InChI=1S/C17H21BrN2O/c1-4-19-10-15-12(2)9-13(3)20-17(15)21-11-14-7-5-6-8-16(14)18/h5-9,19H,4,10-11H2,1-3H3. The number of nitrogens with one attached hydrogen (secondary N) is 1. The van der Waals surface area contributed by atoms with Crippen LogP contribution < -0.4 is 10.1 Å². The summed E-state index contributed by atoms with van der Waals surface area (Å²) in [6, 6.07) is 10.2. The van der Waals surface area contributed by atoms with Crippen LogP contribution in [0.5, 0.6) is 5.88 Å². The molecule has 0 saturated carbocycles. The average molecular weight is 349 g/mol. The van der Waals surface area contributed by atoms with Crippen LogP contribution in [0.4, 0.5) is 0 Å². The van der Waals surface area contributed by atoms with Crippen molar-refractivity contribution >= 4 is 15.9 Å². The number of nitrogens with zero attached hydrogens (tertiary/aromatic N) is 1. The Morgan fingerprint density at radius 1 is 1.24 bits per heavy atom. The van der Waals surface area contributed by atoms with E-state index in [0.717, 1.165) is 40.3 Å². The van der Waals surface area contributed by atoms with Gasteiger partial charge in [-0.05, 0) is 38.1 Å². The van der Waals surface area contributed by atoms with Gasteiger partial charge in [-0.25, -0.2) is 4.98 Å². The zero-order valence-electron chi connectivity index (χ0n) is 12.7. The molecule has 0 saturated heterocycles. The van der Waals surface area contributed by atoms with E-state index in [4.69, 9.17) is 4.74 Å². The van der Waals surface area contributed by atoms with E-state index < -0.39 is 0 Å². The number of rotatable bonds is 6. The summed E-state index contributed by atoms with van der Waals surface area (Å²) >= 11 is 3.55. The van der Waals surface area contributed by atoms with Crippen LogP contribution in [0.25, 0.3) is 0 Å². The lowest BCUT2D eigenvalue weighted by Crippen LogP contribution is -2.15. The fourth-order valence-corrected chi connectivity index (χ4v) is 2.57. The highest BCUT2D eigenvalue weighted by molar-refractivity contribution is 9.10. The van der Waals surface area contributed by atoms with Crippen molar-refractivity contribution in [3.63, 3.8) is 0 Å². The molecule has 0 aliphatic rings. The van der Waals surface area contributed by atoms with Crippen LogP contribution in [0.2, 0.25) is 0 Å². The molecule has 0 unspecified atom stereocenters. The van der Waals surface area contributed by atoms with Gasteiger partial charge >= 0.3 is 0 Å². The zero-order valence-corrected chi connectivity index (χ0v) is 14.3. The molecular weight excluding hydrogens is 328 g/mol. The minimum Gasteiger partial charge on any atom is -0.473 e. The van der Waals surface area contributed by atoms with Crippen molar-refractivity contribution < 1.29 is 4.74 Å². The van der Waals surface area contributed by atoms with Crippen molar-refractivity contribution in [3.8, 4) is 5.88 Å². The Kier molecular flexibility index (Phi) is 5.76. The van der Waals surface area contributed by atoms with E-state index in [2.05, 4.69) is 52.2 Å². The van der Waals surface area contributed by atoms with Crippen molar-refractivity contribution in [2.24, 2.45) is 0 Å². The van der Waals surface area contributed by atoms with Crippen molar-refractivity contribution in [3.05, 3.63) is 57.2 Å². The number of hydrogen-bond acceptors (Lipinski definition) is 3. The van der Waals surface area contributed by atoms with Crippen LogP contribution in [-0.2, 0) is 13.2 Å². The van der Waals surface area contributed by atoms with Gasteiger partial charge in [0.2, 0.25) is 5.88 Å². The Balaban J connectivity index is 2.20. The minimum atomic E-state index is 0.510. The number of aryl methyl sites for hydroxylation is 2. The molecule has 21 heavy (non-hydrogen) atoms.